The van der Waals surface area contributed by atoms with Crippen molar-refractivity contribution in [2.75, 3.05) is 13.7 Å². The largest absolute Gasteiger partial charge is 0.409 e. The fourth-order valence-corrected chi connectivity index (χ4v) is 3.48. The maximum absolute atomic E-state index is 12.6. The van der Waals surface area contributed by atoms with Crippen molar-refractivity contribution in [1.82, 2.24) is 0 Å². The van der Waals surface area contributed by atoms with Crippen LogP contribution >= 0.6 is 0 Å². The molecular formula is C16H30O6Si. The summed E-state index contributed by atoms with van der Waals surface area (Å²) < 4.78 is 28.7. The Kier molecular flexibility index (Phi) is 5.13. The van der Waals surface area contributed by atoms with Crippen LogP contribution in [-0.2, 0) is 28.2 Å². The van der Waals surface area contributed by atoms with Gasteiger partial charge in [0, 0.05) is 7.11 Å². The molecule has 0 spiro atoms. The van der Waals surface area contributed by atoms with Gasteiger partial charge in [0.1, 0.15) is 12.2 Å². The van der Waals surface area contributed by atoms with Crippen molar-refractivity contribution < 1.29 is 28.2 Å². The molecule has 134 valence electrons. The normalized spacial score (nSPS) is 33.7. The first-order valence-electron chi connectivity index (χ1n) is 8.08. The molecule has 0 aromatic rings. The van der Waals surface area contributed by atoms with Crippen LogP contribution < -0.4 is 0 Å². The maximum atomic E-state index is 12.6. The molecule has 7 heteroatoms. The first kappa shape index (κ1) is 19.0. The SMILES string of the molecule is CO[C@H]1C2OC(C)(C)O[C@H]2O[C@@H]1C(=O)CO[Si](C)(C)C(C)(C)C. The minimum Gasteiger partial charge on any atom is -0.409 e. The number of rotatable bonds is 5. The fourth-order valence-electron chi connectivity index (χ4n) is 2.55. The quantitative estimate of drug-likeness (QED) is 0.713. The molecule has 0 amide bonds. The van der Waals surface area contributed by atoms with Crippen LogP contribution in [0.1, 0.15) is 34.6 Å². The Balaban J connectivity index is 1.99. The van der Waals surface area contributed by atoms with Gasteiger partial charge in [-0.3, -0.25) is 4.79 Å². The van der Waals surface area contributed by atoms with Crippen LogP contribution in [0.3, 0.4) is 0 Å². The van der Waals surface area contributed by atoms with Crippen LogP contribution in [0.5, 0.6) is 0 Å². The van der Waals surface area contributed by atoms with E-state index in [0.29, 0.717) is 0 Å². The molecule has 2 aliphatic heterocycles. The number of methoxy groups -OCH3 is 1. The molecule has 2 fully saturated rings. The summed E-state index contributed by atoms with van der Waals surface area (Å²) in [5.41, 5.74) is 0. The van der Waals surface area contributed by atoms with E-state index in [0.717, 1.165) is 0 Å². The van der Waals surface area contributed by atoms with Gasteiger partial charge >= 0.3 is 0 Å². The monoisotopic (exact) mass is 346 g/mol. The summed E-state index contributed by atoms with van der Waals surface area (Å²) in [6, 6.07) is 0. The zero-order chi connectivity index (χ0) is 17.6. The van der Waals surface area contributed by atoms with Crippen molar-refractivity contribution in [2.24, 2.45) is 0 Å². The third-order valence-corrected chi connectivity index (χ3v) is 9.44. The highest BCUT2D eigenvalue weighted by Gasteiger charge is 2.57. The van der Waals surface area contributed by atoms with E-state index >= 15 is 0 Å². The maximum Gasteiger partial charge on any atom is 0.192 e. The zero-order valence-corrected chi connectivity index (χ0v) is 16.5. The van der Waals surface area contributed by atoms with Gasteiger partial charge in [-0.25, -0.2) is 0 Å². The molecule has 0 bridgehead atoms. The number of carbonyl (C=O) groups is 1. The second-order valence-electron chi connectivity index (χ2n) is 8.24. The van der Waals surface area contributed by atoms with E-state index in [1.165, 1.54) is 0 Å². The Morgan fingerprint density at radius 1 is 1.22 bits per heavy atom. The van der Waals surface area contributed by atoms with Gasteiger partial charge in [-0.15, -0.1) is 0 Å². The molecule has 2 rings (SSSR count). The summed E-state index contributed by atoms with van der Waals surface area (Å²) in [5, 5.41) is 0.0528. The molecule has 1 unspecified atom stereocenters. The molecule has 0 saturated carbocycles. The lowest BCUT2D eigenvalue weighted by atomic mass is 10.1. The number of hydrogen-bond acceptors (Lipinski definition) is 6. The summed E-state index contributed by atoms with van der Waals surface area (Å²) in [7, 11) is -0.426. The van der Waals surface area contributed by atoms with Gasteiger partial charge in [-0.1, -0.05) is 20.8 Å². The molecule has 0 N–H and O–H groups in total. The summed E-state index contributed by atoms with van der Waals surface area (Å²) in [5.74, 6) is -0.848. The van der Waals surface area contributed by atoms with Crippen molar-refractivity contribution in [2.45, 2.75) is 83.1 Å². The molecule has 2 heterocycles. The van der Waals surface area contributed by atoms with E-state index in [1.807, 2.05) is 13.8 Å². The van der Waals surface area contributed by atoms with E-state index < -0.39 is 38.7 Å². The third-order valence-electron chi connectivity index (χ3n) is 4.96. The number of ether oxygens (including phenoxy) is 4. The number of ketones is 1. The number of carbonyl (C=O) groups excluding carboxylic acids is 1. The van der Waals surface area contributed by atoms with Gasteiger partial charge in [0.15, 0.2) is 32.3 Å². The van der Waals surface area contributed by atoms with E-state index in [1.54, 1.807) is 7.11 Å². The van der Waals surface area contributed by atoms with E-state index in [2.05, 4.69) is 33.9 Å². The molecule has 0 aromatic carbocycles. The predicted octanol–water partition coefficient (Wildman–Crippen LogP) is 2.47. The average Bonchev–Trinajstić information content (AvgIpc) is 2.85. The minimum absolute atomic E-state index is 0.0316. The number of hydrogen-bond donors (Lipinski definition) is 0. The molecule has 0 aliphatic carbocycles. The Morgan fingerprint density at radius 3 is 2.35 bits per heavy atom. The minimum atomic E-state index is -1.98. The van der Waals surface area contributed by atoms with Gasteiger partial charge < -0.3 is 23.4 Å². The van der Waals surface area contributed by atoms with Gasteiger partial charge in [-0.05, 0) is 32.0 Å². The van der Waals surface area contributed by atoms with E-state index in [9.17, 15) is 4.79 Å². The standard InChI is InChI=1S/C16H30O6Si/c1-15(2,3)23(7,8)19-9-10(17)11-12(18-6)13-14(20-11)22-16(4,5)21-13/h11-14H,9H2,1-8H3/t11-,12-,13?,14-/m1/s1. The van der Waals surface area contributed by atoms with Crippen molar-refractivity contribution >= 4 is 14.1 Å². The average molecular weight is 346 g/mol. The number of Topliss-reactive ketones (excluding diaryl/α,β-unsaturated/α-hetero) is 1. The van der Waals surface area contributed by atoms with Gasteiger partial charge in [0.2, 0.25) is 0 Å². The van der Waals surface area contributed by atoms with Gasteiger partial charge in [0.25, 0.3) is 0 Å². The molecule has 23 heavy (non-hydrogen) atoms. The zero-order valence-electron chi connectivity index (χ0n) is 15.5. The highest BCUT2D eigenvalue weighted by atomic mass is 28.4. The first-order chi connectivity index (χ1) is 10.4. The van der Waals surface area contributed by atoms with Crippen molar-refractivity contribution in [3.63, 3.8) is 0 Å². The van der Waals surface area contributed by atoms with Gasteiger partial charge in [-0.2, -0.15) is 0 Å². The lowest BCUT2D eigenvalue weighted by Crippen LogP contribution is -2.46. The number of fused-ring (bicyclic) bond motifs is 1. The second-order valence-corrected chi connectivity index (χ2v) is 13.1. The van der Waals surface area contributed by atoms with E-state index in [4.69, 9.17) is 23.4 Å². The Labute approximate surface area is 139 Å². The molecule has 2 aliphatic rings. The van der Waals surface area contributed by atoms with Crippen molar-refractivity contribution in [1.29, 1.82) is 0 Å². The third kappa shape index (κ3) is 3.86. The van der Waals surface area contributed by atoms with Crippen LogP contribution in [0.25, 0.3) is 0 Å². The Morgan fingerprint density at radius 2 is 1.83 bits per heavy atom. The van der Waals surface area contributed by atoms with Crippen molar-refractivity contribution in [3.8, 4) is 0 Å². The fraction of sp³-hybridized carbons (Fsp3) is 0.938. The Hall–Kier alpha value is -0.313. The molecule has 0 aromatic heterocycles. The van der Waals surface area contributed by atoms with Crippen LogP contribution in [0.15, 0.2) is 0 Å². The first-order valence-corrected chi connectivity index (χ1v) is 11.0. The van der Waals surface area contributed by atoms with Crippen LogP contribution in [0, 0.1) is 0 Å². The summed E-state index contributed by atoms with van der Waals surface area (Å²) >= 11 is 0. The van der Waals surface area contributed by atoms with Crippen molar-refractivity contribution in [3.05, 3.63) is 0 Å². The van der Waals surface area contributed by atoms with Crippen LogP contribution in [0.2, 0.25) is 18.1 Å². The second kappa shape index (κ2) is 6.20. The predicted molar refractivity (Wildman–Crippen MR) is 87.7 cm³/mol. The van der Waals surface area contributed by atoms with Gasteiger partial charge in [0.05, 0.1) is 6.61 Å². The summed E-state index contributed by atoms with van der Waals surface area (Å²) in [4.78, 5) is 12.6. The summed E-state index contributed by atoms with van der Waals surface area (Å²) in [6.07, 6.45) is -2.15. The summed E-state index contributed by atoms with van der Waals surface area (Å²) in [6.45, 7) is 14.3. The molecule has 0 radical (unpaired) electrons. The molecule has 6 nitrogen and oxygen atoms in total. The Bertz CT molecular complexity index is 456. The lowest BCUT2D eigenvalue weighted by Gasteiger charge is -2.36. The van der Waals surface area contributed by atoms with E-state index in [-0.39, 0.29) is 17.4 Å². The van der Waals surface area contributed by atoms with Crippen LogP contribution in [-0.4, -0.2) is 58.2 Å². The lowest BCUT2D eigenvalue weighted by molar-refractivity contribution is -0.216. The molecular weight excluding hydrogens is 316 g/mol. The highest BCUT2D eigenvalue weighted by molar-refractivity contribution is 6.74. The smallest absolute Gasteiger partial charge is 0.192 e. The highest BCUT2D eigenvalue weighted by Crippen LogP contribution is 2.39. The topological polar surface area (TPSA) is 63.2 Å². The van der Waals surface area contributed by atoms with Crippen LogP contribution in [0.4, 0.5) is 0 Å². The molecule has 2 saturated heterocycles. The molecule has 4 atom stereocenters.